The van der Waals surface area contributed by atoms with Crippen LogP contribution in [0.4, 0.5) is 49.7 Å². The van der Waals surface area contributed by atoms with E-state index in [1.165, 1.54) is 32.0 Å². The average Bonchev–Trinajstić information content (AvgIpc) is 3.75. The SMILES string of the molecule is C[C@@H]1c2c(C(F)(F)F)nn(CC(=O)N[C@@H](Cc3cc(F)cc(F)c3)c3nc(C#CC(C)(C)S(C)(=O)=O)ccc3-c3ccc(Cl)c4c(NS(C)(=O)=O)nn(CC(F)(F)F)c34)c2C(F)(F)[C@@H]1C. The lowest BCUT2D eigenvalue weighted by molar-refractivity contribution is -0.143. The highest BCUT2D eigenvalue weighted by molar-refractivity contribution is 7.92. The first-order valence-corrected chi connectivity index (χ1v) is 23.1. The van der Waals surface area contributed by atoms with Gasteiger partial charge >= 0.3 is 12.4 Å². The summed E-state index contributed by atoms with van der Waals surface area (Å²) in [6, 6.07) is 5.21. The number of anilines is 1. The van der Waals surface area contributed by atoms with Gasteiger partial charge in [0.05, 0.1) is 33.9 Å². The Balaban J connectivity index is 1.62. The monoisotopic (exact) mass is 983 g/mol. The molecule has 0 spiro atoms. The van der Waals surface area contributed by atoms with E-state index in [9.17, 15) is 56.8 Å². The van der Waals surface area contributed by atoms with Crippen molar-refractivity contribution in [2.75, 3.05) is 17.2 Å². The van der Waals surface area contributed by atoms with Crippen molar-refractivity contribution >= 4 is 54.1 Å². The summed E-state index contributed by atoms with van der Waals surface area (Å²) < 4.78 is 196. The van der Waals surface area contributed by atoms with Crippen LogP contribution in [0, 0.1) is 29.4 Å². The predicted molar refractivity (Wildman–Crippen MR) is 218 cm³/mol. The molecule has 350 valence electrons. The Morgan fingerprint density at radius 2 is 1.54 bits per heavy atom. The molecule has 2 N–H and O–H groups in total. The molecule has 6 rings (SSSR count). The molecule has 0 saturated heterocycles. The number of fused-ring (bicyclic) bond motifs is 2. The quantitative estimate of drug-likeness (QED) is 0.0989. The normalized spacial score (nSPS) is 17.1. The van der Waals surface area contributed by atoms with Crippen LogP contribution in [0.15, 0.2) is 42.5 Å². The lowest BCUT2D eigenvalue weighted by atomic mass is 9.93. The number of aromatic nitrogens is 5. The van der Waals surface area contributed by atoms with Gasteiger partial charge in [-0.25, -0.2) is 30.6 Å². The van der Waals surface area contributed by atoms with Gasteiger partial charge < -0.3 is 5.32 Å². The molecule has 12 nitrogen and oxygen atoms in total. The first-order chi connectivity index (χ1) is 29.7. The Morgan fingerprint density at radius 3 is 2.11 bits per heavy atom. The van der Waals surface area contributed by atoms with E-state index in [0.29, 0.717) is 17.0 Å². The number of halogens is 11. The molecule has 1 aliphatic carbocycles. The number of benzene rings is 2. The van der Waals surface area contributed by atoms with Crippen LogP contribution in [-0.2, 0) is 56.3 Å². The van der Waals surface area contributed by atoms with Crippen LogP contribution in [0.25, 0.3) is 22.0 Å². The van der Waals surface area contributed by atoms with Crippen molar-refractivity contribution in [1.82, 2.24) is 29.9 Å². The van der Waals surface area contributed by atoms with Crippen LogP contribution in [0.3, 0.4) is 0 Å². The number of sulfone groups is 1. The standard InChI is InChI=1S/C40H36ClF10N7O5S2/c1-19-20(2)39(47,48)35-30(19)34(40(49,50)51)54-57(35)17-29(59)53-28(15-21-13-22(42)16-23(43)14-21)32-25(8-7-24(52-32)11-12-37(3,4)64(5,60)61)26-9-10-27(41)31-33(26)58(18-38(44,45)46)55-36(31)56-65(6,62)63/h7-10,13-14,16,19-20,28H,15,17-18H2,1-6H3,(H,53,59)(H,55,56)/t19-,20+,28-/m0/s1. The third-order valence-electron chi connectivity index (χ3n) is 10.8. The first kappa shape index (κ1) is 49.0. The van der Waals surface area contributed by atoms with E-state index < -0.39 is 126 Å². The van der Waals surface area contributed by atoms with Crippen LogP contribution in [0.2, 0.25) is 5.02 Å². The number of nitrogens with one attached hydrogen (secondary N) is 2. The predicted octanol–water partition coefficient (Wildman–Crippen LogP) is 8.30. The highest BCUT2D eigenvalue weighted by atomic mass is 35.5. The second-order valence-corrected chi connectivity index (χ2v) is 20.8. The van der Waals surface area contributed by atoms with Crippen molar-refractivity contribution in [2.45, 2.75) is 82.2 Å². The summed E-state index contributed by atoms with van der Waals surface area (Å²) in [5, 5.41) is 9.01. The average molecular weight is 984 g/mol. The minimum Gasteiger partial charge on any atom is -0.346 e. The molecule has 25 heteroatoms. The van der Waals surface area contributed by atoms with Crippen LogP contribution in [-0.4, -0.2) is 70.7 Å². The van der Waals surface area contributed by atoms with E-state index in [2.05, 4.69) is 32.3 Å². The van der Waals surface area contributed by atoms with Crippen molar-refractivity contribution < 1.29 is 65.5 Å². The van der Waals surface area contributed by atoms with Gasteiger partial charge in [-0.2, -0.15) is 45.3 Å². The fourth-order valence-electron chi connectivity index (χ4n) is 7.29. The Hall–Kier alpha value is -5.41. The number of carbonyl (C=O) groups is 1. The molecule has 2 aromatic carbocycles. The summed E-state index contributed by atoms with van der Waals surface area (Å²) in [5.41, 5.74) is -5.38. The minimum atomic E-state index is -5.23. The van der Waals surface area contributed by atoms with Crippen molar-refractivity contribution in [2.24, 2.45) is 5.92 Å². The zero-order valence-electron chi connectivity index (χ0n) is 34.6. The zero-order valence-corrected chi connectivity index (χ0v) is 37.0. The molecule has 3 heterocycles. The third-order valence-corrected chi connectivity index (χ3v) is 13.6. The number of rotatable bonds is 11. The molecule has 0 radical (unpaired) electrons. The lowest BCUT2D eigenvalue weighted by Gasteiger charge is -2.24. The first-order valence-electron chi connectivity index (χ1n) is 19.0. The molecule has 3 aromatic heterocycles. The van der Waals surface area contributed by atoms with E-state index >= 15 is 8.78 Å². The van der Waals surface area contributed by atoms with E-state index in [0.717, 1.165) is 38.3 Å². The fraction of sp³-hybridized carbons (Fsp3) is 0.400. The molecule has 65 heavy (non-hydrogen) atoms. The Morgan fingerprint density at radius 1 is 0.923 bits per heavy atom. The number of hydrogen-bond donors (Lipinski definition) is 2. The molecule has 0 fully saturated rings. The molecule has 5 aromatic rings. The third kappa shape index (κ3) is 10.2. The second kappa shape index (κ2) is 16.8. The number of carbonyl (C=O) groups excluding carboxylic acids is 1. The van der Waals surface area contributed by atoms with Crippen LogP contribution >= 0.6 is 11.6 Å². The van der Waals surface area contributed by atoms with Crippen molar-refractivity contribution in [3.63, 3.8) is 0 Å². The van der Waals surface area contributed by atoms with Crippen molar-refractivity contribution in [1.29, 1.82) is 0 Å². The zero-order chi connectivity index (χ0) is 48.6. The molecule has 0 unspecified atom stereocenters. The Labute approximate surface area is 369 Å². The van der Waals surface area contributed by atoms with Gasteiger partial charge in [-0.1, -0.05) is 37.4 Å². The number of hydrogen-bond acceptors (Lipinski definition) is 8. The van der Waals surface area contributed by atoms with E-state index in [4.69, 9.17) is 11.6 Å². The maximum atomic E-state index is 15.7. The molecule has 0 aliphatic heterocycles. The van der Waals surface area contributed by atoms with Gasteiger partial charge in [0.2, 0.25) is 15.9 Å². The fourth-order valence-corrected chi connectivity index (χ4v) is 8.27. The molecular weight excluding hydrogens is 948 g/mol. The highest BCUT2D eigenvalue weighted by Crippen LogP contribution is 2.55. The summed E-state index contributed by atoms with van der Waals surface area (Å²) in [5.74, 6) is -5.96. The molecule has 0 bridgehead atoms. The van der Waals surface area contributed by atoms with E-state index in [1.807, 2.05) is 4.72 Å². The number of alkyl halides is 8. The van der Waals surface area contributed by atoms with Crippen molar-refractivity contribution in [3.8, 4) is 23.0 Å². The van der Waals surface area contributed by atoms with Crippen LogP contribution in [0.5, 0.6) is 0 Å². The Kier molecular flexibility index (Phi) is 12.7. The molecular formula is C40H36ClF10N7O5S2. The van der Waals surface area contributed by atoms with Crippen LogP contribution in [0.1, 0.15) is 73.6 Å². The summed E-state index contributed by atoms with van der Waals surface area (Å²) in [4.78, 5) is 18.6. The maximum absolute atomic E-state index is 15.7. The topological polar surface area (TPSA) is 158 Å². The smallest absolute Gasteiger partial charge is 0.346 e. The maximum Gasteiger partial charge on any atom is 0.435 e. The summed E-state index contributed by atoms with van der Waals surface area (Å²) in [7, 11) is -8.07. The van der Waals surface area contributed by atoms with Crippen molar-refractivity contribution in [3.05, 3.63) is 93.0 Å². The molecule has 1 amide bonds. The van der Waals surface area contributed by atoms with Gasteiger partial charge in [0, 0.05) is 34.9 Å². The number of nitrogens with zero attached hydrogens (tertiary/aromatic N) is 5. The molecule has 3 atom stereocenters. The summed E-state index contributed by atoms with van der Waals surface area (Å²) in [6.07, 6.45) is -9.27. The summed E-state index contributed by atoms with van der Waals surface area (Å²) >= 11 is 6.46. The highest BCUT2D eigenvalue weighted by Gasteiger charge is 2.57. The molecule has 0 saturated carbocycles. The second-order valence-electron chi connectivity index (χ2n) is 16.0. The van der Waals surface area contributed by atoms with Gasteiger partial charge in [0.25, 0.3) is 5.92 Å². The van der Waals surface area contributed by atoms with E-state index in [1.54, 1.807) is 0 Å². The number of pyridine rings is 1. The Bertz CT molecular complexity index is 3010. The largest absolute Gasteiger partial charge is 0.435 e. The molecule has 1 aliphatic rings. The van der Waals surface area contributed by atoms with Crippen LogP contribution < -0.4 is 10.0 Å². The number of sulfonamides is 1. The van der Waals surface area contributed by atoms with Gasteiger partial charge in [-0.15, -0.1) is 0 Å². The van der Waals surface area contributed by atoms with Gasteiger partial charge in [0.1, 0.15) is 40.9 Å². The minimum absolute atomic E-state index is 0.199. The summed E-state index contributed by atoms with van der Waals surface area (Å²) in [6.45, 7) is 1.59. The van der Waals surface area contributed by atoms with Gasteiger partial charge in [-0.05, 0) is 68.0 Å². The number of amides is 1. The van der Waals surface area contributed by atoms with Gasteiger partial charge in [-0.3, -0.25) is 18.9 Å². The lowest BCUT2D eigenvalue weighted by Crippen LogP contribution is -2.35. The van der Waals surface area contributed by atoms with E-state index in [-0.39, 0.29) is 43.2 Å². The van der Waals surface area contributed by atoms with Gasteiger partial charge in [0.15, 0.2) is 21.3 Å².